The quantitative estimate of drug-likeness (QED) is 0.0439. The predicted octanol–water partition coefficient (Wildman–Crippen LogP) is 12.1. The van der Waals surface area contributed by atoms with Crippen molar-refractivity contribution in [3.05, 3.63) is 59.7 Å². The molecule has 0 fully saturated rings. The molecule has 0 spiro atoms. The van der Waals surface area contributed by atoms with Crippen LogP contribution in [-0.2, 0) is 33.1 Å². The van der Waals surface area contributed by atoms with Crippen LogP contribution in [-0.4, -0.2) is 74.8 Å². The minimum absolute atomic E-state index is 0. The molecule has 0 saturated carbocycles. The number of unbranched alkanes of at least 4 members (excludes halogenated alkanes) is 24. The summed E-state index contributed by atoms with van der Waals surface area (Å²) in [6, 6.07) is 13.2. The number of hydrogen-bond acceptors (Lipinski definition) is 6. The zero-order valence-electron chi connectivity index (χ0n) is 32.4. The van der Waals surface area contributed by atoms with Crippen molar-refractivity contribution < 1.29 is 25.9 Å². The Balaban J connectivity index is 0.000000962. The van der Waals surface area contributed by atoms with Gasteiger partial charge in [-0.05, 0) is 48.9 Å². The van der Waals surface area contributed by atoms with Crippen LogP contribution in [0.3, 0.4) is 0 Å². The van der Waals surface area contributed by atoms with E-state index in [2.05, 4.69) is 13.8 Å². The molecule has 0 saturated heterocycles. The van der Waals surface area contributed by atoms with Crippen molar-refractivity contribution in [1.82, 2.24) is 0 Å². The molecule has 0 radical (unpaired) electrons. The molecule has 0 unspecified atom stereocenters. The smallest absolute Gasteiger partial charge is 0.744 e. The van der Waals surface area contributed by atoms with Gasteiger partial charge >= 0.3 is 48.9 Å². The molecule has 2 aromatic rings. The van der Waals surface area contributed by atoms with Crippen LogP contribution in [0.15, 0.2) is 58.3 Å². The van der Waals surface area contributed by atoms with Gasteiger partial charge in [0.1, 0.15) is 20.2 Å². The number of benzene rings is 2. The first kappa shape index (κ1) is 50.8. The fourth-order valence-electron chi connectivity index (χ4n) is 6.57. The molecule has 0 atom stereocenters. The molecule has 288 valence electrons. The summed E-state index contributed by atoms with van der Waals surface area (Å²) in [5.41, 5.74) is 1.33. The van der Waals surface area contributed by atoms with Gasteiger partial charge in [-0.1, -0.05) is 204 Å². The number of rotatable bonds is 30. The number of hydrogen-bond donors (Lipinski definition) is 0. The molecule has 0 aliphatic rings. The minimum Gasteiger partial charge on any atom is -0.744 e. The van der Waals surface area contributed by atoms with Crippen molar-refractivity contribution in [2.45, 2.75) is 203 Å². The summed E-state index contributed by atoms with van der Waals surface area (Å²) in [5.74, 6) is 0. The first-order chi connectivity index (χ1) is 24.1. The van der Waals surface area contributed by atoms with Crippen LogP contribution >= 0.6 is 0 Å². The molecular weight excluding hydrogens is 802 g/mol. The van der Waals surface area contributed by atoms with E-state index in [1.165, 1.54) is 153 Å². The molecule has 0 N–H and O–H groups in total. The van der Waals surface area contributed by atoms with E-state index < -0.39 is 20.2 Å². The van der Waals surface area contributed by atoms with Gasteiger partial charge in [-0.15, -0.1) is 0 Å². The minimum atomic E-state index is -4.35. The third-order valence-electron chi connectivity index (χ3n) is 9.58. The van der Waals surface area contributed by atoms with Crippen LogP contribution in [0, 0.1) is 0 Å². The second-order valence-electron chi connectivity index (χ2n) is 14.1. The topological polar surface area (TPSA) is 114 Å². The van der Waals surface area contributed by atoms with Crippen LogP contribution in [0.5, 0.6) is 0 Å². The van der Waals surface area contributed by atoms with Crippen molar-refractivity contribution in [2.75, 3.05) is 0 Å². The van der Waals surface area contributed by atoms with Crippen LogP contribution in [0.2, 0.25) is 0 Å². The molecule has 0 aromatic heterocycles. The largest absolute Gasteiger partial charge is 2.00 e. The maximum absolute atomic E-state index is 11.2. The van der Waals surface area contributed by atoms with E-state index in [4.69, 9.17) is 0 Å². The summed E-state index contributed by atoms with van der Waals surface area (Å²) in [4.78, 5) is -0.0946. The first-order valence-electron chi connectivity index (χ1n) is 20.2. The molecule has 2 rings (SSSR count). The summed E-state index contributed by atoms with van der Waals surface area (Å²) >= 11 is 0. The molecule has 0 aliphatic carbocycles. The molecule has 0 bridgehead atoms. The maximum atomic E-state index is 11.2. The van der Waals surface area contributed by atoms with Crippen molar-refractivity contribution in [3.8, 4) is 0 Å². The molecule has 2 aromatic carbocycles. The van der Waals surface area contributed by atoms with Gasteiger partial charge < -0.3 is 9.11 Å². The summed E-state index contributed by atoms with van der Waals surface area (Å²) in [5, 5.41) is 0. The van der Waals surface area contributed by atoms with Gasteiger partial charge in [-0.3, -0.25) is 0 Å². The van der Waals surface area contributed by atoms with Gasteiger partial charge in [0.2, 0.25) is 0 Å². The second kappa shape index (κ2) is 33.2. The molecule has 0 heterocycles. The summed E-state index contributed by atoms with van der Waals surface area (Å²) in [6.07, 6.45) is 34.9. The van der Waals surface area contributed by atoms with E-state index in [0.29, 0.717) is 24.0 Å². The van der Waals surface area contributed by atoms with Crippen LogP contribution < -0.4 is 0 Å². The van der Waals surface area contributed by atoms with Gasteiger partial charge in [0.05, 0.1) is 9.79 Å². The zero-order valence-corrected chi connectivity index (χ0v) is 38.5. The average Bonchev–Trinajstić information content (AvgIpc) is 3.08. The third kappa shape index (κ3) is 28.0. The average molecular weight is 872 g/mol. The van der Waals surface area contributed by atoms with E-state index >= 15 is 0 Å². The fourth-order valence-corrected chi connectivity index (χ4v) is 8.05. The molecular formula is C42H70BaO6S2. The Bertz CT molecular complexity index is 1210. The Morgan fingerprint density at radius 2 is 0.588 bits per heavy atom. The van der Waals surface area contributed by atoms with Crippen LogP contribution in [0.4, 0.5) is 0 Å². The molecule has 0 amide bonds. The van der Waals surface area contributed by atoms with Gasteiger partial charge in [-0.25, -0.2) is 16.8 Å². The van der Waals surface area contributed by atoms with E-state index in [9.17, 15) is 25.9 Å². The normalized spacial score (nSPS) is 11.5. The SMILES string of the molecule is CCCCCCCCCCCCCCCc1ccccc1S(=O)(=O)[O-].CCCCCCCCCCCCCCCc1ccccc1S(=O)(=O)[O-].[Ba+2]. The Kier molecular flexibility index (Phi) is 33.1. The summed E-state index contributed by atoms with van der Waals surface area (Å²) in [6.45, 7) is 4.51. The van der Waals surface area contributed by atoms with Crippen molar-refractivity contribution >= 4 is 69.1 Å². The van der Waals surface area contributed by atoms with Crippen molar-refractivity contribution in [3.63, 3.8) is 0 Å². The van der Waals surface area contributed by atoms with E-state index in [-0.39, 0.29) is 58.7 Å². The van der Waals surface area contributed by atoms with Gasteiger partial charge in [0, 0.05) is 0 Å². The predicted molar refractivity (Wildman–Crippen MR) is 213 cm³/mol. The molecule has 51 heavy (non-hydrogen) atoms. The van der Waals surface area contributed by atoms with Crippen molar-refractivity contribution in [1.29, 1.82) is 0 Å². The van der Waals surface area contributed by atoms with Crippen LogP contribution in [0.25, 0.3) is 0 Å². The first-order valence-corrected chi connectivity index (χ1v) is 23.0. The monoisotopic (exact) mass is 872 g/mol. The van der Waals surface area contributed by atoms with E-state index in [1.54, 1.807) is 36.4 Å². The van der Waals surface area contributed by atoms with E-state index in [1.807, 2.05) is 0 Å². The van der Waals surface area contributed by atoms with Gasteiger partial charge in [0.25, 0.3) is 0 Å². The fraction of sp³-hybridized carbons (Fsp3) is 0.714. The Hall–Kier alpha value is -0.169. The zero-order chi connectivity index (χ0) is 36.8. The van der Waals surface area contributed by atoms with E-state index in [0.717, 1.165) is 25.7 Å². The Morgan fingerprint density at radius 1 is 0.373 bits per heavy atom. The second-order valence-corrected chi connectivity index (χ2v) is 16.8. The Morgan fingerprint density at radius 3 is 0.824 bits per heavy atom. The number of aryl methyl sites for hydroxylation is 2. The molecule has 0 aliphatic heterocycles. The Labute approximate surface area is 354 Å². The van der Waals surface area contributed by atoms with Gasteiger partial charge in [0.15, 0.2) is 0 Å². The third-order valence-corrected chi connectivity index (χ3v) is 11.5. The van der Waals surface area contributed by atoms with Crippen molar-refractivity contribution in [2.24, 2.45) is 0 Å². The summed E-state index contributed by atoms with van der Waals surface area (Å²) < 4.78 is 67.4. The molecule has 6 nitrogen and oxygen atoms in total. The molecule has 9 heteroatoms. The summed E-state index contributed by atoms with van der Waals surface area (Å²) in [7, 11) is -8.70. The van der Waals surface area contributed by atoms with Gasteiger partial charge in [-0.2, -0.15) is 0 Å². The maximum Gasteiger partial charge on any atom is 2.00 e. The van der Waals surface area contributed by atoms with Crippen LogP contribution in [0.1, 0.15) is 192 Å². The standard InChI is InChI=1S/2C21H36O3S.Ba/c2*1-2-3-4-5-6-7-8-9-10-11-12-13-14-17-20-18-15-16-19-21(20)25(22,23)24;/h2*15-16,18-19H,2-14,17H2,1H3,(H,22,23,24);/q;;+2/p-2.